The molecule has 0 amide bonds. The van der Waals surface area contributed by atoms with Gasteiger partial charge in [-0.05, 0) is 17.7 Å². The smallest absolute Gasteiger partial charge is 0.323 e. The van der Waals surface area contributed by atoms with Crippen molar-refractivity contribution in [2.45, 2.75) is 12.1 Å². The number of morpholine rings is 1. The fraction of sp³-hybridized carbons (Fsp3) is 0.417. The van der Waals surface area contributed by atoms with Crippen LogP contribution >= 0.6 is 0 Å². The number of ether oxygens (including phenoxy) is 2. The van der Waals surface area contributed by atoms with Gasteiger partial charge in [-0.3, -0.25) is 10.1 Å². The van der Waals surface area contributed by atoms with Gasteiger partial charge in [-0.25, -0.2) is 0 Å². The van der Waals surface area contributed by atoms with E-state index in [-0.39, 0.29) is 12.7 Å². The monoisotopic (exact) mass is 237 g/mol. The molecule has 1 aliphatic heterocycles. The van der Waals surface area contributed by atoms with E-state index in [9.17, 15) is 4.79 Å². The molecule has 0 radical (unpaired) electrons. The minimum absolute atomic E-state index is 0.124. The summed E-state index contributed by atoms with van der Waals surface area (Å²) >= 11 is 0. The predicted molar refractivity (Wildman–Crippen MR) is 61.1 cm³/mol. The fourth-order valence-electron chi connectivity index (χ4n) is 1.79. The third-order valence-corrected chi connectivity index (χ3v) is 2.78. The normalized spacial score (nSPS) is 24.3. The van der Waals surface area contributed by atoms with Crippen molar-refractivity contribution in [3.63, 3.8) is 0 Å². The van der Waals surface area contributed by atoms with E-state index in [1.165, 1.54) is 0 Å². The molecule has 17 heavy (non-hydrogen) atoms. The molecule has 5 nitrogen and oxygen atoms in total. The van der Waals surface area contributed by atoms with Crippen molar-refractivity contribution in [1.82, 2.24) is 5.32 Å². The summed E-state index contributed by atoms with van der Waals surface area (Å²) < 4.78 is 10.7. The molecule has 1 aliphatic rings. The summed E-state index contributed by atoms with van der Waals surface area (Å²) in [7, 11) is 1.61. The van der Waals surface area contributed by atoms with Crippen LogP contribution in [0.5, 0.6) is 5.75 Å². The van der Waals surface area contributed by atoms with E-state index in [0.717, 1.165) is 11.3 Å². The third kappa shape index (κ3) is 2.75. The van der Waals surface area contributed by atoms with Crippen LogP contribution in [0, 0.1) is 0 Å². The van der Waals surface area contributed by atoms with Crippen LogP contribution in [0.2, 0.25) is 0 Å². The maximum atomic E-state index is 10.7. The molecule has 1 saturated heterocycles. The minimum Gasteiger partial charge on any atom is -0.497 e. The molecule has 2 unspecified atom stereocenters. The summed E-state index contributed by atoms with van der Waals surface area (Å²) in [5.41, 5.74) is 0.987. The number of rotatable bonds is 3. The van der Waals surface area contributed by atoms with Gasteiger partial charge >= 0.3 is 5.97 Å². The van der Waals surface area contributed by atoms with Crippen molar-refractivity contribution in [1.29, 1.82) is 0 Å². The summed E-state index contributed by atoms with van der Waals surface area (Å²) in [4.78, 5) is 10.7. The highest BCUT2D eigenvalue weighted by molar-refractivity contribution is 5.73. The molecule has 2 rings (SSSR count). The van der Waals surface area contributed by atoms with E-state index in [1.54, 1.807) is 7.11 Å². The summed E-state index contributed by atoms with van der Waals surface area (Å²) in [6, 6.07) is 6.97. The van der Waals surface area contributed by atoms with Gasteiger partial charge in [0.1, 0.15) is 11.8 Å². The first-order valence-corrected chi connectivity index (χ1v) is 5.42. The van der Waals surface area contributed by atoms with Crippen molar-refractivity contribution in [3.05, 3.63) is 29.8 Å². The molecule has 0 saturated carbocycles. The number of hydrogen-bond acceptors (Lipinski definition) is 4. The summed E-state index contributed by atoms with van der Waals surface area (Å²) in [5, 5.41) is 11.8. The average molecular weight is 237 g/mol. The fourth-order valence-corrected chi connectivity index (χ4v) is 1.79. The highest BCUT2D eigenvalue weighted by Crippen LogP contribution is 2.23. The van der Waals surface area contributed by atoms with Gasteiger partial charge in [0.15, 0.2) is 0 Å². The third-order valence-electron chi connectivity index (χ3n) is 2.78. The van der Waals surface area contributed by atoms with Gasteiger partial charge in [-0.2, -0.15) is 0 Å². The van der Waals surface area contributed by atoms with Gasteiger partial charge in [0, 0.05) is 6.54 Å². The largest absolute Gasteiger partial charge is 0.497 e. The van der Waals surface area contributed by atoms with Gasteiger partial charge in [-0.15, -0.1) is 0 Å². The molecule has 1 heterocycles. The second-order valence-electron chi connectivity index (χ2n) is 3.90. The molecule has 5 heteroatoms. The molecular weight excluding hydrogens is 222 g/mol. The Morgan fingerprint density at radius 1 is 1.59 bits per heavy atom. The molecule has 0 aromatic heterocycles. The molecule has 0 bridgehead atoms. The number of aliphatic carboxylic acids is 1. The zero-order valence-corrected chi connectivity index (χ0v) is 9.55. The first-order chi connectivity index (χ1) is 8.20. The van der Waals surface area contributed by atoms with Crippen LogP contribution < -0.4 is 10.1 Å². The predicted octanol–water partition coefficient (Wildman–Crippen LogP) is 0.809. The van der Waals surface area contributed by atoms with Gasteiger partial charge in [0.2, 0.25) is 0 Å². The number of benzene rings is 1. The van der Waals surface area contributed by atoms with Crippen LogP contribution in [0.3, 0.4) is 0 Å². The Hall–Kier alpha value is -1.59. The molecule has 0 aliphatic carbocycles. The van der Waals surface area contributed by atoms with Crippen LogP contribution in [-0.4, -0.2) is 37.4 Å². The lowest BCUT2D eigenvalue weighted by Gasteiger charge is -2.28. The van der Waals surface area contributed by atoms with Gasteiger partial charge < -0.3 is 14.6 Å². The maximum absolute atomic E-state index is 10.7. The average Bonchev–Trinajstić information content (AvgIpc) is 2.39. The lowest BCUT2D eigenvalue weighted by atomic mass is 10.1. The Morgan fingerprint density at radius 2 is 2.41 bits per heavy atom. The first-order valence-electron chi connectivity index (χ1n) is 5.42. The van der Waals surface area contributed by atoms with Crippen molar-refractivity contribution < 1.29 is 19.4 Å². The van der Waals surface area contributed by atoms with E-state index in [0.29, 0.717) is 6.54 Å². The number of carboxylic acids is 1. The number of carbonyl (C=O) groups is 1. The second kappa shape index (κ2) is 5.16. The number of nitrogens with one attached hydrogen (secondary N) is 1. The van der Waals surface area contributed by atoms with Crippen molar-refractivity contribution >= 4 is 5.97 Å². The second-order valence-corrected chi connectivity index (χ2v) is 3.90. The Kier molecular flexibility index (Phi) is 3.61. The lowest BCUT2D eigenvalue weighted by molar-refractivity contribution is -0.144. The quantitative estimate of drug-likeness (QED) is 0.814. The topological polar surface area (TPSA) is 67.8 Å². The highest BCUT2D eigenvalue weighted by Gasteiger charge is 2.26. The molecule has 0 spiro atoms. The van der Waals surface area contributed by atoms with E-state index < -0.39 is 12.0 Å². The Balaban J connectivity index is 2.02. The molecule has 1 aromatic carbocycles. The van der Waals surface area contributed by atoms with Crippen LogP contribution in [0.15, 0.2) is 24.3 Å². The van der Waals surface area contributed by atoms with Gasteiger partial charge in [0.25, 0.3) is 0 Å². The van der Waals surface area contributed by atoms with Crippen molar-refractivity contribution in [2.24, 2.45) is 0 Å². The molecule has 1 aromatic rings. The molecule has 2 N–H and O–H groups in total. The summed E-state index contributed by atoms with van der Waals surface area (Å²) in [6.07, 6.45) is -0.124. The van der Waals surface area contributed by atoms with E-state index >= 15 is 0 Å². The zero-order valence-electron chi connectivity index (χ0n) is 9.55. The number of hydrogen-bond donors (Lipinski definition) is 2. The number of carboxylic acid groups (broad SMARTS) is 1. The van der Waals surface area contributed by atoms with Crippen LogP contribution in [0.1, 0.15) is 11.7 Å². The van der Waals surface area contributed by atoms with Crippen molar-refractivity contribution in [2.75, 3.05) is 20.3 Å². The number of methoxy groups -OCH3 is 1. The van der Waals surface area contributed by atoms with Gasteiger partial charge in [-0.1, -0.05) is 12.1 Å². The minimum atomic E-state index is -0.880. The Bertz CT molecular complexity index is 399. The SMILES string of the molecule is COc1cccc(C2CNC(C(=O)O)CO2)c1. The lowest BCUT2D eigenvalue weighted by Crippen LogP contribution is -2.47. The van der Waals surface area contributed by atoms with E-state index in [1.807, 2.05) is 24.3 Å². The van der Waals surface area contributed by atoms with Gasteiger partial charge in [0.05, 0.1) is 19.8 Å². The highest BCUT2D eigenvalue weighted by atomic mass is 16.5. The molecule has 1 fully saturated rings. The first kappa shape index (κ1) is 11.9. The zero-order chi connectivity index (χ0) is 12.3. The molecule has 92 valence electrons. The van der Waals surface area contributed by atoms with E-state index in [2.05, 4.69) is 5.32 Å². The molecular formula is C12H15NO4. The summed E-state index contributed by atoms with van der Waals surface area (Å²) in [6.45, 7) is 0.668. The van der Waals surface area contributed by atoms with Crippen LogP contribution in [0.4, 0.5) is 0 Å². The van der Waals surface area contributed by atoms with Crippen molar-refractivity contribution in [3.8, 4) is 5.75 Å². The summed E-state index contributed by atoms with van der Waals surface area (Å²) in [5.74, 6) is -0.111. The Labute approximate surface area is 99.3 Å². The Morgan fingerprint density at radius 3 is 3.00 bits per heavy atom. The van der Waals surface area contributed by atoms with Crippen LogP contribution in [0.25, 0.3) is 0 Å². The standard InChI is InChI=1S/C12H15NO4/c1-16-9-4-2-3-8(5-9)11-6-13-10(7-17-11)12(14)15/h2-5,10-11,13H,6-7H2,1H3,(H,14,15). The maximum Gasteiger partial charge on any atom is 0.323 e. The van der Waals surface area contributed by atoms with Crippen LogP contribution in [-0.2, 0) is 9.53 Å². The molecule has 2 atom stereocenters. The van der Waals surface area contributed by atoms with E-state index in [4.69, 9.17) is 14.6 Å².